The lowest BCUT2D eigenvalue weighted by atomic mass is 10.1. The molecule has 0 spiro atoms. The Morgan fingerprint density at radius 1 is 1.30 bits per heavy atom. The lowest BCUT2D eigenvalue weighted by molar-refractivity contribution is -0.140. The summed E-state index contributed by atoms with van der Waals surface area (Å²) in [7, 11) is -2.11. The molecule has 20 heavy (non-hydrogen) atoms. The Hall–Kier alpha value is -1.15. The Kier molecular flexibility index (Phi) is 6.41. The van der Waals surface area contributed by atoms with E-state index in [2.05, 4.69) is 9.46 Å². The van der Waals surface area contributed by atoms with Gasteiger partial charge in [0.2, 0.25) is 15.9 Å². The molecule has 0 saturated carbocycles. The van der Waals surface area contributed by atoms with Crippen LogP contribution >= 0.6 is 0 Å². The van der Waals surface area contributed by atoms with Crippen LogP contribution in [-0.2, 0) is 24.3 Å². The second-order valence-electron chi connectivity index (χ2n) is 4.90. The van der Waals surface area contributed by atoms with E-state index < -0.39 is 16.0 Å². The molecule has 1 fully saturated rings. The SMILES string of the molecule is COC(=O)CCCS(=O)(=O)NC1CCN(C(C)=O)CC1. The minimum atomic E-state index is -3.38. The van der Waals surface area contributed by atoms with Crippen molar-refractivity contribution >= 4 is 21.9 Å². The molecular formula is C12H22N2O5S. The largest absolute Gasteiger partial charge is 0.469 e. The van der Waals surface area contributed by atoms with Crippen molar-refractivity contribution in [1.82, 2.24) is 9.62 Å². The van der Waals surface area contributed by atoms with Crippen molar-refractivity contribution in [3.05, 3.63) is 0 Å². The molecule has 1 amide bonds. The van der Waals surface area contributed by atoms with E-state index in [0.29, 0.717) is 25.9 Å². The number of nitrogens with one attached hydrogen (secondary N) is 1. The maximum Gasteiger partial charge on any atom is 0.305 e. The molecule has 0 radical (unpaired) electrons. The predicted molar refractivity (Wildman–Crippen MR) is 73.4 cm³/mol. The third-order valence-electron chi connectivity index (χ3n) is 3.31. The third kappa shape index (κ3) is 5.87. The molecule has 7 nitrogen and oxygen atoms in total. The molecule has 0 aromatic carbocycles. The van der Waals surface area contributed by atoms with Crippen LogP contribution in [0.1, 0.15) is 32.6 Å². The molecule has 1 saturated heterocycles. The fourth-order valence-corrected chi connectivity index (χ4v) is 3.52. The quantitative estimate of drug-likeness (QED) is 0.690. The van der Waals surface area contributed by atoms with Crippen molar-refractivity contribution in [2.75, 3.05) is 26.0 Å². The monoisotopic (exact) mass is 306 g/mol. The standard InChI is InChI=1S/C12H22N2O5S/c1-10(15)14-7-5-11(6-8-14)13-20(17,18)9-3-4-12(16)19-2/h11,13H,3-9H2,1-2H3. The Morgan fingerprint density at radius 3 is 2.40 bits per heavy atom. The number of hydrogen-bond donors (Lipinski definition) is 1. The predicted octanol–water partition coefficient (Wildman–Crippen LogP) is -0.130. The van der Waals surface area contributed by atoms with E-state index in [1.54, 1.807) is 4.90 Å². The average Bonchev–Trinajstić information content (AvgIpc) is 2.38. The van der Waals surface area contributed by atoms with Crippen molar-refractivity contribution in [3.8, 4) is 0 Å². The average molecular weight is 306 g/mol. The highest BCUT2D eigenvalue weighted by Crippen LogP contribution is 2.11. The summed E-state index contributed by atoms with van der Waals surface area (Å²) in [6.07, 6.45) is 1.58. The van der Waals surface area contributed by atoms with Crippen LogP contribution in [0.25, 0.3) is 0 Å². The number of esters is 1. The second kappa shape index (κ2) is 7.58. The van der Waals surface area contributed by atoms with Crippen molar-refractivity contribution in [1.29, 1.82) is 0 Å². The fraction of sp³-hybridized carbons (Fsp3) is 0.833. The maximum atomic E-state index is 11.8. The van der Waals surface area contributed by atoms with Gasteiger partial charge in [0, 0.05) is 32.5 Å². The number of rotatable bonds is 6. The van der Waals surface area contributed by atoms with Crippen LogP contribution in [0, 0.1) is 0 Å². The van der Waals surface area contributed by atoms with Gasteiger partial charge in [-0.25, -0.2) is 13.1 Å². The van der Waals surface area contributed by atoms with Crippen LogP contribution in [0.15, 0.2) is 0 Å². The Balaban J connectivity index is 2.33. The van der Waals surface area contributed by atoms with Crippen molar-refractivity contribution < 1.29 is 22.7 Å². The minimum Gasteiger partial charge on any atom is -0.469 e. The summed E-state index contributed by atoms with van der Waals surface area (Å²) in [6.45, 7) is 2.66. The van der Waals surface area contributed by atoms with Crippen LogP contribution < -0.4 is 4.72 Å². The molecule has 0 aliphatic carbocycles. The lowest BCUT2D eigenvalue weighted by Crippen LogP contribution is -2.46. The van der Waals surface area contributed by atoms with Crippen molar-refractivity contribution in [2.24, 2.45) is 0 Å². The molecule has 1 N–H and O–H groups in total. The number of likely N-dealkylation sites (tertiary alicyclic amines) is 1. The van der Waals surface area contributed by atoms with Gasteiger partial charge in [0.1, 0.15) is 0 Å². The van der Waals surface area contributed by atoms with Gasteiger partial charge in [-0.3, -0.25) is 9.59 Å². The van der Waals surface area contributed by atoms with E-state index in [9.17, 15) is 18.0 Å². The number of nitrogens with zero attached hydrogens (tertiary/aromatic N) is 1. The van der Waals surface area contributed by atoms with Crippen LogP contribution in [0.4, 0.5) is 0 Å². The van der Waals surface area contributed by atoms with E-state index in [1.165, 1.54) is 14.0 Å². The molecule has 0 bridgehead atoms. The van der Waals surface area contributed by atoms with E-state index in [4.69, 9.17) is 0 Å². The van der Waals surface area contributed by atoms with Gasteiger partial charge >= 0.3 is 5.97 Å². The van der Waals surface area contributed by atoms with Crippen molar-refractivity contribution in [3.63, 3.8) is 0 Å². The molecule has 0 atom stereocenters. The summed E-state index contributed by atoms with van der Waals surface area (Å²) in [5.74, 6) is -0.478. The highest BCUT2D eigenvalue weighted by molar-refractivity contribution is 7.89. The summed E-state index contributed by atoms with van der Waals surface area (Å²) in [6, 6.07) is -0.131. The number of carbonyl (C=O) groups is 2. The van der Waals surface area contributed by atoms with Gasteiger partial charge in [0.25, 0.3) is 0 Å². The lowest BCUT2D eigenvalue weighted by Gasteiger charge is -2.31. The molecule has 116 valence electrons. The smallest absolute Gasteiger partial charge is 0.305 e. The third-order valence-corrected chi connectivity index (χ3v) is 4.83. The number of piperidine rings is 1. The Labute approximate surface area is 119 Å². The second-order valence-corrected chi connectivity index (χ2v) is 6.77. The van der Waals surface area contributed by atoms with E-state index >= 15 is 0 Å². The number of methoxy groups -OCH3 is 1. The summed E-state index contributed by atoms with van der Waals surface area (Å²) in [5, 5.41) is 0. The Morgan fingerprint density at radius 2 is 1.90 bits per heavy atom. The Bertz CT molecular complexity index is 441. The summed E-state index contributed by atoms with van der Waals surface area (Å²) in [4.78, 5) is 23.8. The van der Waals surface area contributed by atoms with Crippen LogP contribution in [0.3, 0.4) is 0 Å². The van der Waals surface area contributed by atoms with Gasteiger partial charge < -0.3 is 9.64 Å². The highest BCUT2D eigenvalue weighted by atomic mass is 32.2. The molecule has 8 heteroatoms. The number of carbonyl (C=O) groups excluding carboxylic acids is 2. The van der Waals surface area contributed by atoms with Gasteiger partial charge in [-0.05, 0) is 19.3 Å². The zero-order valence-electron chi connectivity index (χ0n) is 11.9. The summed E-state index contributed by atoms with van der Waals surface area (Å²) in [5.41, 5.74) is 0. The normalized spacial score (nSPS) is 17.0. The van der Waals surface area contributed by atoms with Gasteiger partial charge in [-0.15, -0.1) is 0 Å². The summed E-state index contributed by atoms with van der Waals surface area (Å²) < 4.78 is 30.8. The summed E-state index contributed by atoms with van der Waals surface area (Å²) >= 11 is 0. The van der Waals surface area contributed by atoms with E-state index in [1.807, 2.05) is 0 Å². The van der Waals surface area contributed by atoms with E-state index in [0.717, 1.165) is 0 Å². The zero-order chi connectivity index (χ0) is 15.2. The maximum absolute atomic E-state index is 11.8. The first-order valence-electron chi connectivity index (χ1n) is 6.66. The topological polar surface area (TPSA) is 92.8 Å². The van der Waals surface area contributed by atoms with Crippen LogP contribution in [0.5, 0.6) is 0 Å². The number of ether oxygens (including phenoxy) is 1. The molecule has 1 aliphatic heterocycles. The molecule has 1 aliphatic rings. The molecule has 0 aromatic rings. The molecular weight excluding hydrogens is 284 g/mol. The fourth-order valence-electron chi connectivity index (χ4n) is 2.13. The molecule has 0 aromatic heterocycles. The molecule has 1 heterocycles. The van der Waals surface area contributed by atoms with E-state index in [-0.39, 0.29) is 30.5 Å². The van der Waals surface area contributed by atoms with Gasteiger partial charge in [0.15, 0.2) is 0 Å². The zero-order valence-corrected chi connectivity index (χ0v) is 12.7. The molecule has 0 unspecified atom stereocenters. The van der Waals surface area contributed by atoms with Crippen molar-refractivity contribution in [2.45, 2.75) is 38.6 Å². The van der Waals surface area contributed by atoms with Gasteiger partial charge in [0.05, 0.1) is 12.9 Å². The van der Waals surface area contributed by atoms with Gasteiger partial charge in [-0.1, -0.05) is 0 Å². The first kappa shape index (κ1) is 16.9. The van der Waals surface area contributed by atoms with Gasteiger partial charge in [-0.2, -0.15) is 0 Å². The number of sulfonamides is 1. The first-order valence-corrected chi connectivity index (χ1v) is 8.31. The number of hydrogen-bond acceptors (Lipinski definition) is 5. The molecule has 1 rings (SSSR count). The first-order chi connectivity index (χ1) is 9.34. The number of amides is 1. The van der Waals surface area contributed by atoms with Crippen LogP contribution in [0.2, 0.25) is 0 Å². The minimum absolute atomic E-state index is 0.0179. The highest BCUT2D eigenvalue weighted by Gasteiger charge is 2.24. The van der Waals surface area contributed by atoms with Crippen LogP contribution in [-0.4, -0.2) is 57.2 Å².